The predicted molar refractivity (Wildman–Crippen MR) is 98.8 cm³/mol. The Bertz CT molecular complexity index is 590. The van der Waals surface area contributed by atoms with Crippen molar-refractivity contribution in [2.45, 2.75) is 64.3 Å². The molecule has 0 aromatic rings. The van der Waals surface area contributed by atoms with Crippen LogP contribution in [0, 0.1) is 23.2 Å². The lowest BCUT2D eigenvalue weighted by atomic mass is 9.53. The predicted octanol–water partition coefficient (Wildman–Crippen LogP) is 2.15. The lowest BCUT2D eigenvalue weighted by molar-refractivity contribution is -0.146. The Balaban J connectivity index is 1.34. The number of epoxide rings is 1. The van der Waals surface area contributed by atoms with Crippen molar-refractivity contribution < 1.29 is 14.3 Å². The molecular weight excluding hydrogens is 328 g/mol. The molecule has 2 saturated carbocycles. The second-order valence-corrected chi connectivity index (χ2v) is 9.78. The van der Waals surface area contributed by atoms with Gasteiger partial charge in [-0.05, 0) is 31.7 Å². The van der Waals surface area contributed by atoms with Crippen LogP contribution in [-0.2, 0) is 14.3 Å². The van der Waals surface area contributed by atoms with Gasteiger partial charge < -0.3 is 14.4 Å². The van der Waals surface area contributed by atoms with Crippen LogP contribution >= 0.6 is 0 Å². The van der Waals surface area contributed by atoms with Crippen LogP contribution < -0.4 is 0 Å². The molecule has 26 heavy (non-hydrogen) atoms. The fourth-order valence-electron chi connectivity index (χ4n) is 7.01. The third kappa shape index (κ3) is 2.29. The van der Waals surface area contributed by atoms with Gasteiger partial charge in [-0.2, -0.15) is 0 Å². The zero-order valence-corrected chi connectivity index (χ0v) is 16.6. The lowest BCUT2D eigenvalue weighted by Gasteiger charge is -2.49. The van der Waals surface area contributed by atoms with E-state index >= 15 is 0 Å². The second-order valence-electron chi connectivity index (χ2n) is 9.78. The average Bonchev–Trinajstić information content (AvgIpc) is 3.31. The van der Waals surface area contributed by atoms with Gasteiger partial charge in [-0.25, -0.2) is 0 Å². The Morgan fingerprint density at radius 2 is 1.92 bits per heavy atom. The van der Waals surface area contributed by atoms with E-state index in [1.54, 1.807) is 0 Å². The van der Waals surface area contributed by atoms with Crippen LogP contribution in [0.25, 0.3) is 0 Å². The third-order valence-corrected chi connectivity index (χ3v) is 8.56. The molecule has 7 atom stereocenters. The summed E-state index contributed by atoms with van der Waals surface area (Å²) >= 11 is 0. The molecule has 146 valence electrons. The number of esters is 1. The first-order valence-corrected chi connectivity index (χ1v) is 10.8. The standard InChI is InChI=1S/C21H34N2O3/c1-4-22-8-10-23(11-9-22)13-15-17-16(25-19(15)24)12-20(3)7-5-6-14(2)21(20)18(17)26-21/h14-18H,4-13H2,1-3H3/t14-,15+,16+,17+,18-,20+,21-/m0/s1. The van der Waals surface area contributed by atoms with E-state index in [-0.39, 0.29) is 41.0 Å². The van der Waals surface area contributed by atoms with E-state index in [0.29, 0.717) is 5.92 Å². The lowest BCUT2D eigenvalue weighted by Crippen LogP contribution is -2.55. The maximum atomic E-state index is 12.8. The number of fused-ring (bicyclic) bond motifs is 2. The van der Waals surface area contributed by atoms with E-state index in [2.05, 4.69) is 30.6 Å². The highest BCUT2D eigenvalue weighted by molar-refractivity contribution is 5.76. The number of carbonyl (C=O) groups is 1. The van der Waals surface area contributed by atoms with Crippen LogP contribution in [-0.4, -0.2) is 72.8 Å². The van der Waals surface area contributed by atoms with Gasteiger partial charge in [0.25, 0.3) is 0 Å². The van der Waals surface area contributed by atoms with Crippen LogP contribution in [0.1, 0.15) is 46.5 Å². The van der Waals surface area contributed by atoms with E-state index in [4.69, 9.17) is 9.47 Å². The minimum absolute atomic E-state index is 0.0104. The largest absolute Gasteiger partial charge is 0.462 e. The summed E-state index contributed by atoms with van der Waals surface area (Å²) in [5.74, 6) is 0.937. The first-order chi connectivity index (χ1) is 12.5. The number of piperazine rings is 1. The van der Waals surface area contributed by atoms with Gasteiger partial charge >= 0.3 is 5.97 Å². The Kier molecular flexibility index (Phi) is 3.97. The van der Waals surface area contributed by atoms with Crippen molar-refractivity contribution in [1.82, 2.24) is 9.80 Å². The Morgan fingerprint density at radius 1 is 1.19 bits per heavy atom. The molecule has 2 aliphatic carbocycles. The van der Waals surface area contributed by atoms with E-state index < -0.39 is 0 Å². The fourth-order valence-corrected chi connectivity index (χ4v) is 7.01. The summed E-state index contributed by atoms with van der Waals surface area (Å²) < 4.78 is 12.5. The van der Waals surface area contributed by atoms with Gasteiger partial charge in [-0.15, -0.1) is 0 Å². The highest BCUT2D eigenvalue weighted by Crippen LogP contribution is 2.70. The summed E-state index contributed by atoms with van der Waals surface area (Å²) in [6.45, 7) is 13.3. The molecule has 5 fully saturated rings. The second kappa shape index (κ2) is 5.92. The molecular formula is C21H34N2O3. The van der Waals surface area contributed by atoms with Crippen LogP contribution in [0.3, 0.4) is 0 Å². The molecule has 5 nitrogen and oxygen atoms in total. The van der Waals surface area contributed by atoms with Crippen molar-refractivity contribution in [3.8, 4) is 0 Å². The van der Waals surface area contributed by atoms with Gasteiger partial charge in [0, 0.05) is 44.1 Å². The third-order valence-electron chi connectivity index (χ3n) is 8.56. The Hall–Kier alpha value is -0.650. The molecule has 0 N–H and O–H groups in total. The summed E-state index contributed by atoms with van der Waals surface area (Å²) in [4.78, 5) is 17.7. The summed E-state index contributed by atoms with van der Waals surface area (Å²) in [5, 5.41) is 0. The van der Waals surface area contributed by atoms with Gasteiger partial charge in [-0.1, -0.05) is 27.2 Å². The van der Waals surface area contributed by atoms with Gasteiger partial charge in [0.2, 0.25) is 0 Å². The summed E-state index contributed by atoms with van der Waals surface area (Å²) in [7, 11) is 0. The topological polar surface area (TPSA) is 45.3 Å². The van der Waals surface area contributed by atoms with Crippen LogP contribution in [0.15, 0.2) is 0 Å². The van der Waals surface area contributed by atoms with Crippen molar-refractivity contribution >= 4 is 5.97 Å². The van der Waals surface area contributed by atoms with Crippen molar-refractivity contribution in [3.63, 3.8) is 0 Å². The molecule has 0 aromatic carbocycles. The zero-order chi connectivity index (χ0) is 18.1. The fraction of sp³-hybridized carbons (Fsp3) is 0.952. The molecule has 1 spiro atoms. The first-order valence-electron chi connectivity index (χ1n) is 10.8. The smallest absolute Gasteiger partial charge is 0.311 e. The molecule has 0 unspecified atom stereocenters. The Morgan fingerprint density at radius 3 is 2.65 bits per heavy atom. The average molecular weight is 363 g/mol. The quantitative estimate of drug-likeness (QED) is 0.569. The van der Waals surface area contributed by atoms with Crippen LogP contribution in [0.4, 0.5) is 0 Å². The van der Waals surface area contributed by atoms with Gasteiger partial charge in [0.05, 0.1) is 12.0 Å². The van der Waals surface area contributed by atoms with Gasteiger partial charge in [0.15, 0.2) is 0 Å². The summed E-state index contributed by atoms with van der Waals surface area (Å²) in [5.41, 5.74) is 0.220. The molecule has 3 heterocycles. The monoisotopic (exact) mass is 362 g/mol. The normalized spacial score (nSPS) is 51.3. The number of carbonyl (C=O) groups excluding carboxylic acids is 1. The van der Waals surface area contributed by atoms with Crippen LogP contribution in [0.2, 0.25) is 0 Å². The molecule has 5 heteroatoms. The minimum Gasteiger partial charge on any atom is -0.462 e. The highest BCUT2D eigenvalue weighted by Gasteiger charge is 2.78. The number of rotatable bonds is 3. The molecule has 5 aliphatic rings. The highest BCUT2D eigenvalue weighted by atomic mass is 16.6. The number of nitrogens with zero attached hydrogens (tertiary/aromatic N) is 2. The number of ether oxygens (including phenoxy) is 2. The van der Waals surface area contributed by atoms with Crippen molar-refractivity contribution in [1.29, 1.82) is 0 Å². The molecule has 5 rings (SSSR count). The van der Waals surface area contributed by atoms with Gasteiger partial charge in [-0.3, -0.25) is 9.69 Å². The van der Waals surface area contributed by atoms with Crippen molar-refractivity contribution in [2.24, 2.45) is 23.2 Å². The van der Waals surface area contributed by atoms with E-state index in [0.717, 1.165) is 45.7 Å². The molecule has 0 bridgehead atoms. The van der Waals surface area contributed by atoms with E-state index in [1.165, 1.54) is 19.3 Å². The SMILES string of the molecule is CCN1CCN(C[C@H]2C(=O)O[C@@H]3C[C@@]4(C)CCC[C@H](C)[C@@]45O[C@H]5[C@@H]32)CC1. The molecule has 0 aromatic heterocycles. The number of hydrogen-bond donors (Lipinski definition) is 0. The maximum absolute atomic E-state index is 12.8. The Labute approximate surface area is 157 Å². The van der Waals surface area contributed by atoms with Crippen molar-refractivity contribution in [2.75, 3.05) is 39.3 Å². The number of hydrogen-bond acceptors (Lipinski definition) is 5. The van der Waals surface area contributed by atoms with Gasteiger partial charge in [0.1, 0.15) is 11.7 Å². The maximum Gasteiger partial charge on any atom is 0.311 e. The van der Waals surface area contributed by atoms with Crippen molar-refractivity contribution in [3.05, 3.63) is 0 Å². The summed E-state index contributed by atoms with van der Waals surface area (Å²) in [6.07, 6.45) is 5.10. The summed E-state index contributed by atoms with van der Waals surface area (Å²) in [6, 6.07) is 0. The van der Waals surface area contributed by atoms with E-state index in [9.17, 15) is 4.79 Å². The first kappa shape index (κ1) is 17.4. The van der Waals surface area contributed by atoms with Crippen LogP contribution in [0.5, 0.6) is 0 Å². The zero-order valence-electron chi connectivity index (χ0n) is 16.6. The molecule has 3 aliphatic heterocycles. The number of likely N-dealkylation sites (N-methyl/N-ethyl adjacent to an activating group) is 1. The molecule has 0 amide bonds. The molecule has 0 radical (unpaired) electrons. The minimum atomic E-state index is 0.0104. The van der Waals surface area contributed by atoms with E-state index in [1.807, 2.05) is 0 Å². The molecule has 3 saturated heterocycles.